The van der Waals surface area contributed by atoms with E-state index in [2.05, 4.69) is 94.5 Å². The van der Waals surface area contributed by atoms with Crippen molar-refractivity contribution in [1.82, 2.24) is 9.97 Å². The number of nitrogens with one attached hydrogen (secondary N) is 2. The van der Waals surface area contributed by atoms with Crippen molar-refractivity contribution in [3.8, 4) is 45.8 Å². The van der Waals surface area contributed by atoms with Crippen LogP contribution in [0.1, 0.15) is 28.8 Å². The standard InChI is InChI=1S/C24H19Br2NO5.C19H17Br2NO3/c1-13-18-9-16(32-24-19(25)10-17(11-20(24)26)31-12-22(28)29)7-8-21(18)27-23(13)14-3-5-15(30-2)6-4-14;1-10-11(2)22-17-5-4-13(9-14(10)17)25-19-15(20)7-12(8-16(19)21)3-6-18(23)24/h3-11,27H,12H2,1-2H3,(H,28,29);4-5,7-9,22H,3,6H2,1-2H3,(H,23,24). The summed E-state index contributed by atoms with van der Waals surface area (Å²) in [5, 5.41) is 19.8. The molecule has 2 aromatic heterocycles. The molecule has 10 nitrogen and oxygen atoms in total. The molecule has 0 unspecified atom stereocenters. The smallest absolute Gasteiger partial charge is 0.341 e. The van der Waals surface area contributed by atoms with Gasteiger partial charge in [-0.1, -0.05) is 0 Å². The van der Waals surface area contributed by atoms with Gasteiger partial charge in [0.2, 0.25) is 0 Å². The Bertz CT molecular complexity index is 2570. The number of aliphatic carboxylic acids is 2. The summed E-state index contributed by atoms with van der Waals surface area (Å²) in [6.07, 6.45) is 0.572. The molecule has 0 saturated carbocycles. The Morgan fingerprint density at radius 3 is 1.65 bits per heavy atom. The van der Waals surface area contributed by atoms with E-state index in [4.69, 9.17) is 29.2 Å². The highest BCUT2D eigenvalue weighted by Crippen LogP contribution is 2.42. The van der Waals surface area contributed by atoms with Gasteiger partial charge in [-0.05, 0) is 198 Å². The summed E-state index contributed by atoms with van der Waals surface area (Å²) in [5.74, 6) is 2.03. The van der Waals surface area contributed by atoms with Crippen molar-refractivity contribution in [2.24, 2.45) is 0 Å². The Balaban J connectivity index is 0.000000199. The minimum Gasteiger partial charge on any atom is -0.497 e. The third-order valence-corrected chi connectivity index (χ3v) is 11.5. The number of carbonyl (C=O) groups is 2. The monoisotopic (exact) mass is 1020 g/mol. The Hall–Kier alpha value is -4.76. The molecule has 7 aromatic rings. The van der Waals surface area contributed by atoms with Gasteiger partial charge in [0, 0.05) is 39.6 Å². The van der Waals surface area contributed by atoms with Gasteiger partial charge in [-0.2, -0.15) is 0 Å². The summed E-state index contributed by atoms with van der Waals surface area (Å²) in [5.41, 5.74) is 8.62. The summed E-state index contributed by atoms with van der Waals surface area (Å²) in [7, 11) is 1.65. The molecule has 0 radical (unpaired) electrons. The minimum absolute atomic E-state index is 0.0991. The Morgan fingerprint density at radius 2 is 1.12 bits per heavy atom. The van der Waals surface area contributed by atoms with Crippen molar-refractivity contribution in [2.75, 3.05) is 13.7 Å². The van der Waals surface area contributed by atoms with Crippen molar-refractivity contribution in [3.05, 3.63) is 125 Å². The summed E-state index contributed by atoms with van der Waals surface area (Å²) >= 11 is 14.0. The van der Waals surface area contributed by atoms with Gasteiger partial charge in [0.05, 0.1) is 25.0 Å². The second-order valence-electron chi connectivity index (χ2n) is 13.0. The van der Waals surface area contributed by atoms with Crippen LogP contribution in [0.25, 0.3) is 33.1 Å². The Kier molecular flexibility index (Phi) is 13.4. The number of carboxylic acids is 2. The molecule has 0 aliphatic carbocycles. The zero-order valence-electron chi connectivity index (χ0n) is 31.1. The SMILES string of the molecule is COc1ccc(-c2[nH]c3ccc(Oc4c(Br)cc(OCC(=O)O)cc4Br)cc3c2C)cc1.Cc1[nH]c2ccc(Oc3c(Br)cc(CCC(=O)O)cc3Br)cc2c1C. The van der Waals surface area contributed by atoms with Crippen LogP contribution in [0, 0.1) is 20.8 Å². The van der Waals surface area contributed by atoms with E-state index in [9.17, 15) is 9.59 Å². The first kappa shape index (κ1) is 41.9. The number of aromatic amines is 2. The van der Waals surface area contributed by atoms with Crippen molar-refractivity contribution < 1.29 is 38.7 Å². The van der Waals surface area contributed by atoms with Crippen LogP contribution in [0.2, 0.25) is 0 Å². The predicted molar refractivity (Wildman–Crippen MR) is 236 cm³/mol. The summed E-state index contributed by atoms with van der Waals surface area (Å²) in [4.78, 5) is 28.3. The fourth-order valence-corrected chi connectivity index (χ4v) is 8.87. The molecule has 2 heterocycles. The van der Waals surface area contributed by atoms with Gasteiger partial charge in [-0.3, -0.25) is 4.79 Å². The minimum atomic E-state index is -1.04. The van der Waals surface area contributed by atoms with Gasteiger partial charge >= 0.3 is 11.9 Å². The summed E-state index contributed by atoms with van der Waals surface area (Å²) in [6.45, 7) is 5.79. The molecule has 7 rings (SSSR count). The van der Waals surface area contributed by atoms with E-state index >= 15 is 0 Å². The highest BCUT2D eigenvalue weighted by atomic mass is 79.9. The predicted octanol–water partition coefficient (Wildman–Crippen LogP) is 13.1. The molecule has 0 saturated heterocycles. The number of halogens is 4. The van der Waals surface area contributed by atoms with Crippen LogP contribution in [-0.2, 0) is 16.0 Å². The van der Waals surface area contributed by atoms with Gasteiger partial charge in [0.25, 0.3) is 0 Å². The average molecular weight is 1030 g/mol. The van der Waals surface area contributed by atoms with E-state index in [1.807, 2.05) is 72.8 Å². The molecular formula is C43H36Br4N2O8. The van der Waals surface area contributed by atoms with Crippen LogP contribution in [0.3, 0.4) is 0 Å². The molecule has 0 fully saturated rings. The average Bonchev–Trinajstić information content (AvgIpc) is 3.66. The lowest BCUT2D eigenvalue weighted by molar-refractivity contribution is -0.139. The topological polar surface area (TPSA) is 143 Å². The first-order valence-electron chi connectivity index (χ1n) is 17.5. The molecule has 0 amide bonds. The maximum atomic E-state index is 10.7. The van der Waals surface area contributed by atoms with E-state index in [1.54, 1.807) is 19.2 Å². The highest BCUT2D eigenvalue weighted by Gasteiger charge is 2.16. The molecule has 0 spiro atoms. The van der Waals surface area contributed by atoms with Crippen LogP contribution >= 0.6 is 63.7 Å². The molecular weight excluding hydrogens is 992 g/mol. The number of aromatic nitrogens is 2. The van der Waals surface area contributed by atoms with Crippen LogP contribution in [0.4, 0.5) is 0 Å². The lowest BCUT2D eigenvalue weighted by atomic mass is 10.1. The number of fused-ring (bicyclic) bond motifs is 2. The number of benzene rings is 5. The summed E-state index contributed by atoms with van der Waals surface area (Å²) < 4.78 is 25.5. The zero-order valence-corrected chi connectivity index (χ0v) is 37.4. The first-order valence-corrected chi connectivity index (χ1v) is 20.6. The lowest BCUT2D eigenvalue weighted by Crippen LogP contribution is -2.09. The molecule has 4 N–H and O–H groups in total. The lowest BCUT2D eigenvalue weighted by Gasteiger charge is -2.12. The van der Waals surface area contributed by atoms with Crippen LogP contribution in [0.15, 0.2) is 103 Å². The number of rotatable bonds is 12. The second kappa shape index (κ2) is 18.2. The highest BCUT2D eigenvalue weighted by molar-refractivity contribution is 9.11. The maximum Gasteiger partial charge on any atom is 0.341 e. The Morgan fingerprint density at radius 1 is 0.614 bits per heavy atom. The van der Waals surface area contributed by atoms with Crippen LogP contribution in [0.5, 0.6) is 34.5 Å². The van der Waals surface area contributed by atoms with Crippen molar-refractivity contribution in [2.45, 2.75) is 33.6 Å². The third kappa shape index (κ3) is 10.0. The van der Waals surface area contributed by atoms with Crippen molar-refractivity contribution in [1.29, 1.82) is 0 Å². The van der Waals surface area contributed by atoms with E-state index in [-0.39, 0.29) is 6.42 Å². The molecule has 5 aromatic carbocycles. The maximum absolute atomic E-state index is 10.7. The number of H-pyrrole nitrogens is 2. The molecule has 57 heavy (non-hydrogen) atoms. The number of hydrogen-bond donors (Lipinski definition) is 4. The van der Waals surface area contributed by atoms with E-state index in [0.717, 1.165) is 70.3 Å². The number of methoxy groups -OCH3 is 1. The second-order valence-corrected chi connectivity index (χ2v) is 16.4. The van der Waals surface area contributed by atoms with E-state index in [0.29, 0.717) is 38.4 Å². The first-order chi connectivity index (χ1) is 27.2. The molecule has 0 aliphatic heterocycles. The van der Waals surface area contributed by atoms with Crippen LogP contribution in [-0.4, -0.2) is 45.8 Å². The summed E-state index contributed by atoms with van der Waals surface area (Å²) in [6, 6.07) is 26.9. The van der Waals surface area contributed by atoms with Crippen molar-refractivity contribution in [3.63, 3.8) is 0 Å². The van der Waals surface area contributed by atoms with Crippen molar-refractivity contribution >= 4 is 97.5 Å². The molecule has 0 atom stereocenters. The fourth-order valence-electron chi connectivity index (χ4n) is 6.12. The fraction of sp³-hybridized carbons (Fsp3) is 0.163. The molecule has 0 bridgehead atoms. The number of aryl methyl sites for hydroxylation is 4. The largest absolute Gasteiger partial charge is 0.497 e. The van der Waals surface area contributed by atoms with Gasteiger partial charge in [0.15, 0.2) is 18.1 Å². The molecule has 0 aliphatic rings. The normalized spacial score (nSPS) is 10.9. The van der Waals surface area contributed by atoms with Gasteiger partial charge in [-0.15, -0.1) is 0 Å². The zero-order chi connectivity index (χ0) is 41.0. The van der Waals surface area contributed by atoms with E-state index < -0.39 is 18.5 Å². The third-order valence-electron chi connectivity index (χ3n) is 9.15. The van der Waals surface area contributed by atoms with Gasteiger partial charge < -0.3 is 39.1 Å². The van der Waals surface area contributed by atoms with Crippen LogP contribution < -0.4 is 18.9 Å². The van der Waals surface area contributed by atoms with Gasteiger partial charge in [-0.25, -0.2) is 4.79 Å². The Labute approximate surface area is 362 Å². The molecule has 294 valence electrons. The quantitative estimate of drug-likeness (QED) is 0.0947. The van der Waals surface area contributed by atoms with E-state index in [1.165, 1.54) is 5.56 Å². The van der Waals surface area contributed by atoms with Gasteiger partial charge in [0.1, 0.15) is 23.0 Å². The number of hydrogen-bond acceptors (Lipinski definition) is 6. The number of ether oxygens (including phenoxy) is 4. The number of carboxylic acid groups (broad SMARTS) is 2. The molecule has 14 heteroatoms.